The van der Waals surface area contributed by atoms with Crippen molar-refractivity contribution in [2.75, 3.05) is 6.54 Å². The smallest absolute Gasteiger partial charge is 0.408 e. The number of primary amides is 2. The lowest BCUT2D eigenvalue weighted by molar-refractivity contribution is -1.13. The number of nitrogens with two attached hydrogens (primary N) is 2. The van der Waals surface area contributed by atoms with Crippen LogP contribution in [-0.4, -0.2) is 33.5 Å². The number of carbonyl (C=O) groups excluding carboxylic acids is 2. The van der Waals surface area contributed by atoms with Gasteiger partial charge in [-0.3, -0.25) is 4.84 Å². The fourth-order valence-electron chi connectivity index (χ4n) is 5.35. The number of aromatic nitrogens is 1. The Morgan fingerprint density at radius 1 is 0.917 bits per heavy atom. The highest BCUT2D eigenvalue weighted by molar-refractivity contribution is 5.82. The van der Waals surface area contributed by atoms with E-state index in [0.717, 1.165) is 46.5 Å². The molecule has 2 aliphatic rings. The summed E-state index contributed by atoms with van der Waals surface area (Å²) in [5.74, 6) is 0.820. The Balaban J connectivity index is 1.66. The summed E-state index contributed by atoms with van der Waals surface area (Å²) in [6, 6.07) is 18.5. The lowest BCUT2D eigenvalue weighted by atomic mass is 9.98. The number of amides is 2. The van der Waals surface area contributed by atoms with E-state index < -0.39 is 17.7 Å². The van der Waals surface area contributed by atoms with E-state index >= 15 is 0 Å². The molecule has 5 rings (SSSR count). The largest absolute Gasteiger partial charge is 0.459 e. The van der Waals surface area contributed by atoms with Crippen molar-refractivity contribution in [1.29, 1.82) is 0 Å². The fourth-order valence-corrected chi connectivity index (χ4v) is 5.35. The summed E-state index contributed by atoms with van der Waals surface area (Å²) in [6.45, 7) is 7.49. The topological polar surface area (TPSA) is 110 Å². The summed E-state index contributed by atoms with van der Waals surface area (Å²) in [5, 5.41) is 0. The van der Waals surface area contributed by atoms with E-state index in [1.807, 2.05) is 39.0 Å². The minimum absolute atomic E-state index is 0.00202. The zero-order valence-corrected chi connectivity index (χ0v) is 21.0. The molecule has 1 unspecified atom stereocenters. The van der Waals surface area contributed by atoms with E-state index in [1.165, 1.54) is 0 Å². The third-order valence-electron chi connectivity index (χ3n) is 7.39. The van der Waals surface area contributed by atoms with Gasteiger partial charge in [-0.25, -0.2) is 9.59 Å². The number of ether oxygens (including phenoxy) is 1. The van der Waals surface area contributed by atoms with Gasteiger partial charge in [0, 0.05) is 17.2 Å². The quantitative estimate of drug-likeness (QED) is 0.474. The van der Waals surface area contributed by atoms with Crippen LogP contribution < -0.4 is 16.2 Å². The summed E-state index contributed by atoms with van der Waals surface area (Å²) >= 11 is 0. The van der Waals surface area contributed by atoms with Crippen LogP contribution in [0.5, 0.6) is 5.75 Å². The zero-order chi connectivity index (χ0) is 25.7. The predicted molar refractivity (Wildman–Crippen MR) is 137 cm³/mol. The van der Waals surface area contributed by atoms with Crippen LogP contribution in [0.15, 0.2) is 54.6 Å². The summed E-state index contributed by atoms with van der Waals surface area (Å²) in [5.41, 5.74) is 16.6. The number of benzene rings is 2. The SMILES string of the molecule is CC(C)(C)[N+]1(OC(N)=O)CCn2c(c(OC(N)=O)c(-c3ccc(-c4ccccc4)cc3)c2C2CC2)C1. The third-order valence-corrected chi connectivity index (χ3v) is 7.39. The summed E-state index contributed by atoms with van der Waals surface area (Å²) in [4.78, 5) is 29.8. The van der Waals surface area contributed by atoms with Gasteiger partial charge in [0.05, 0.1) is 6.54 Å². The molecule has 1 fully saturated rings. The van der Waals surface area contributed by atoms with Crippen LogP contribution in [0.25, 0.3) is 22.3 Å². The van der Waals surface area contributed by atoms with Gasteiger partial charge in [-0.15, -0.1) is 4.65 Å². The third kappa shape index (κ3) is 4.22. The number of carbonyl (C=O) groups is 2. The molecule has 4 N–H and O–H groups in total. The molecular weight excluding hydrogens is 456 g/mol. The molecule has 8 heteroatoms. The van der Waals surface area contributed by atoms with E-state index in [9.17, 15) is 9.59 Å². The van der Waals surface area contributed by atoms with Gasteiger partial charge >= 0.3 is 12.2 Å². The van der Waals surface area contributed by atoms with Crippen LogP contribution in [0.4, 0.5) is 9.59 Å². The normalized spacial score (nSPS) is 19.4. The zero-order valence-electron chi connectivity index (χ0n) is 21.0. The van der Waals surface area contributed by atoms with Crippen molar-refractivity contribution in [2.45, 2.75) is 58.2 Å². The van der Waals surface area contributed by atoms with Crippen LogP contribution in [0.2, 0.25) is 0 Å². The van der Waals surface area contributed by atoms with Crippen molar-refractivity contribution in [3.63, 3.8) is 0 Å². The second-order valence-electron chi connectivity index (χ2n) is 10.7. The Labute approximate surface area is 210 Å². The van der Waals surface area contributed by atoms with Crippen molar-refractivity contribution >= 4 is 12.2 Å². The van der Waals surface area contributed by atoms with Crippen LogP contribution in [0.1, 0.15) is 50.9 Å². The molecule has 2 amide bonds. The highest BCUT2D eigenvalue weighted by Gasteiger charge is 2.51. The number of hydroxylamine groups is 3. The summed E-state index contributed by atoms with van der Waals surface area (Å²) in [6.07, 6.45) is 0.446. The Kier molecular flexibility index (Phi) is 5.79. The van der Waals surface area contributed by atoms with Gasteiger partial charge in [0.25, 0.3) is 0 Å². The van der Waals surface area contributed by atoms with Crippen molar-refractivity contribution in [3.05, 3.63) is 66.0 Å². The number of fused-ring (bicyclic) bond motifs is 1. The van der Waals surface area contributed by atoms with Gasteiger partial charge in [0.2, 0.25) is 0 Å². The lowest BCUT2D eigenvalue weighted by Gasteiger charge is -2.46. The average molecular weight is 490 g/mol. The number of hydrogen-bond donors (Lipinski definition) is 2. The molecule has 1 aliphatic heterocycles. The van der Waals surface area contributed by atoms with Crippen LogP contribution >= 0.6 is 0 Å². The highest BCUT2D eigenvalue weighted by atomic mass is 16.8. The first-order valence-corrected chi connectivity index (χ1v) is 12.3. The summed E-state index contributed by atoms with van der Waals surface area (Å²) in [7, 11) is 0. The fraction of sp³-hybridized carbons (Fsp3) is 0.357. The molecule has 2 heterocycles. The number of nitrogens with zero attached hydrogens (tertiary/aromatic N) is 2. The van der Waals surface area contributed by atoms with Crippen molar-refractivity contribution in [3.8, 4) is 28.0 Å². The van der Waals surface area contributed by atoms with E-state index in [1.54, 1.807) is 0 Å². The Bertz CT molecular complexity index is 1300. The second kappa shape index (κ2) is 8.71. The van der Waals surface area contributed by atoms with Crippen LogP contribution in [0, 0.1) is 0 Å². The molecule has 3 aromatic rings. The maximum atomic E-state index is 12.1. The van der Waals surface area contributed by atoms with Crippen molar-refractivity contribution in [1.82, 2.24) is 4.57 Å². The molecule has 0 bridgehead atoms. The Morgan fingerprint density at radius 3 is 2.08 bits per heavy atom. The standard InChI is InChI=1S/C28H32N4O4/c1-28(2,3)32(36-27(30)34)16-15-31-22(17-32)25(35-26(29)33)23(24(31)21-13-14-21)20-11-9-19(10-12-20)18-7-5-4-6-8-18/h4-12,21H,13-17H2,1-3H3,(H3-,29,30,33,34)/p+1. The van der Waals surface area contributed by atoms with Gasteiger partial charge in [0.15, 0.2) is 12.3 Å². The highest BCUT2D eigenvalue weighted by Crippen LogP contribution is 2.52. The van der Waals surface area contributed by atoms with E-state index in [-0.39, 0.29) is 4.65 Å². The minimum Gasteiger partial charge on any atom is -0.408 e. The molecule has 36 heavy (non-hydrogen) atoms. The molecule has 2 aromatic carbocycles. The molecule has 8 nitrogen and oxygen atoms in total. The number of rotatable bonds is 5. The molecular formula is C28H33N4O4+. The second-order valence-corrected chi connectivity index (χ2v) is 10.7. The molecule has 0 spiro atoms. The first-order valence-electron chi connectivity index (χ1n) is 12.3. The molecule has 0 saturated heterocycles. The van der Waals surface area contributed by atoms with Gasteiger partial charge < -0.3 is 20.8 Å². The first-order chi connectivity index (χ1) is 17.1. The lowest BCUT2D eigenvalue weighted by Crippen LogP contribution is -2.63. The monoisotopic (exact) mass is 489 g/mol. The number of quaternary nitrogens is 1. The van der Waals surface area contributed by atoms with Crippen molar-refractivity contribution < 1.29 is 23.8 Å². The van der Waals surface area contributed by atoms with E-state index in [4.69, 9.17) is 21.0 Å². The maximum Gasteiger partial charge on any atom is 0.459 e. The van der Waals surface area contributed by atoms with E-state index in [2.05, 4.69) is 41.0 Å². The molecule has 188 valence electrons. The summed E-state index contributed by atoms with van der Waals surface area (Å²) < 4.78 is 7.96. The first kappa shape index (κ1) is 23.9. The molecule has 1 saturated carbocycles. The molecule has 1 aliphatic carbocycles. The Hall–Kier alpha value is -3.78. The van der Waals surface area contributed by atoms with Gasteiger partial charge in [-0.05, 0) is 50.3 Å². The molecule has 1 aromatic heterocycles. The van der Waals surface area contributed by atoms with Gasteiger partial charge in [-0.1, -0.05) is 54.6 Å². The van der Waals surface area contributed by atoms with Crippen LogP contribution in [-0.2, 0) is 17.9 Å². The number of hydrogen-bond acceptors (Lipinski definition) is 4. The average Bonchev–Trinajstić information content (AvgIpc) is 3.62. The van der Waals surface area contributed by atoms with E-state index in [0.29, 0.717) is 31.3 Å². The van der Waals surface area contributed by atoms with Crippen LogP contribution in [0.3, 0.4) is 0 Å². The van der Waals surface area contributed by atoms with Crippen molar-refractivity contribution in [2.24, 2.45) is 11.5 Å². The maximum absolute atomic E-state index is 12.1. The minimum atomic E-state index is -0.872. The predicted octanol–water partition coefficient (Wildman–Crippen LogP) is 5.30. The molecule has 1 atom stereocenters. The van der Waals surface area contributed by atoms with Gasteiger partial charge in [-0.2, -0.15) is 0 Å². The molecule has 0 radical (unpaired) electrons. The van der Waals surface area contributed by atoms with Gasteiger partial charge in [0.1, 0.15) is 17.8 Å². The Morgan fingerprint density at radius 2 is 1.53 bits per heavy atom.